The zero-order valence-electron chi connectivity index (χ0n) is 7.92. The number of benzene rings is 1. The summed E-state index contributed by atoms with van der Waals surface area (Å²) < 4.78 is 0. The summed E-state index contributed by atoms with van der Waals surface area (Å²) in [5.41, 5.74) is 2.01. The fourth-order valence-corrected chi connectivity index (χ4v) is 1.95. The Balaban J connectivity index is 2.29. The molecule has 0 saturated heterocycles. The van der Waals surface area contributed by atoms with Gasteiger partial charge in [-0.2, -0.15) is 0 Å². The van der Waals surface area contributed by atoms with Crippen LogP contribution in [0.4, 0.5) is 0 Å². The number of nitrogens with zero attached hydrogens (tertiary/aromatic N) is 2. The number of fused-ring (bicyclic) bond motifs is 1. The lowest BCUT2D eigenvalue weighted by Crippen LogP contribution is -2.30. The standard InChI is InChI=1S/C10H12N2O2/c1-12(11-14)9-6-7-4-2-3-5-8(7)10(9)13/h2-5,9-10,13H,6H2,1H3/t9-,10-/m1/s1. The van der Waals surface area contributed by atoms with Gasteiger partial charge in [-0.05, 0) is 17.5 Å². The smallest absolute Gasteiger partial charge is 0.102 e. The van der Waals surface area contributed by atoms with Gasteiger partial charge in [0.2, 0.25) is 0 Å². The summed E-state index contributed by atoms with van der Waals surface area (Å²) in [4.78, 5) is 10.4. The van der Waals surface area contributed by atoms with Crippen molar-refractivity contribution in [3.05, 3.63) is 40.3 Å². The summed E-state index contributed by atoms with van der Waals surface area (Å²) in [6.45, 7) is 0. The summed E-state index contributed by atoms with van der Waals surface area (Å²) in [5, 5.41) is 14.0. The van der Waals surface area contributed by atoms with E-state index in [2.05, 4.69) is 5.29 Å². The summed E-state index contributed by atoms with van der Waals surface area (Å²) in [5.74, 6) is 0. The third kappa shape index (κ3) is 1.28. The van der Waals surface area contributed by atoms with Crippen LogP contribution in [-0.4, -0.2) is 23.2 Å². The number of nitroso groups, excluding NO2 is 1. The molecule has 2 atom stereocenters. The minimum Gasteiger partial charge on any atom is -0.386 e. The Hall–Kier alpha value is -1.42. The Morgan fingerprint density at radius 1 is 1.50 bits per heavy atom. The molecule has 0 aromatic heterocycles. The van der Waals surface area contributed by atoms with Crippen LogP contribution in [0.5, 0.6) is 0 Å². The van der Waals surface area contributed by atoms with Gasteiger partial charge in [0, 0.05) is 7.05 Å². The number of likely N-dealkylation sites (N-methyl/N-ethyl adjacent to an activating group) is 1. The number of hydrogen-bond acceptors (Lipinski definition) is 3. The van der Waals surface area contributed by atoms with Crippen LogP contribution in [0.15, 0.2) is 29.6 Å². The zero-order chi connectivity index (χ0) is 10.1. The maximum absolute atomic E-state index is 10.4. The predicted molar refractivity (Wildman–Crippen MR) is 52.5 cm³/mol. The van der Waals surface area contributed by atoms with Crippen LogP contribution < -0.4 is 0 Å². The van der Waals surface area contributed by atoms with Crippen LogP contribution in [0.1, 0.15) is 17.2 Å². The Labute approximate surface area is 82.1 Å². The van der Waals surface area contributed by atoms with Crippen LogP contribution in [0.2, 0.25) is 0 Å². The van der Waals surface area contributed by atoms with Crippen molar-refractivity contribution in [2.45, 2.75) is 18.6 Å². The molecule has 0 saturated carbocycles. The van der Waals surface area contributed by atoms with E-state index >= 15 is 0 Å². The van der Waals surface area contributed by atoms with Crippen LogP contribution in [0.3, 0.4) is 0 Å². The largest absolute Gasteiger partial charge is 0.386 e. The normalized spacial score (nSPS) is 24.4. The molecule has 0 unspecified atom stereocenters. The van der Waals surface area contributed by atoms with Gasteiger partial charge in [0.05, 0.1) is 11.3 Å². The summed E-state index contributed by atoms with van der Waals surface area (Å²) in [6, 6.07) is 7.46. The van der Waals surface area contributed by atoms with Gasteiger partial charge in [-0.15, -0.1) is 4.91 Å². The highest BCUT2D eigenvalue weighted by molar-refractivity contribution is 5.35. The lowest BCUT2D eigenvalue weighted by molar-refractivity contribution is 0.0768. The molecule has 4 nitrogen and oxygen atoms in total. The fourth-order valence-electron chi connectivity index (χ4n) is 1.95. The third-order valence-corrected chi connectivity index (χ3v) is 2.78. The van der Waals surface area contributed by atoms with E-state index in [1.165, 1.54) is 5.01 Å². The van der Waals surface area contributed by atoms with E-state index in [0.29, 0.717) is 6.42 Å². The van der Waals surface area contributed by atoms with E-state index in [-0.39, 0.29) is 6.04 Å². The van der Waals surface area contributed by atoms with Crippen molar-refractivity contribution in [3.63, 3.8) is 0 Å². The maximum Gasteiger partial charge on any atom is 0.102 e. The summed E-state index contributed by atoms with van der Waals surface area (Å²) in [7, 11) is 1.59. The molecule has 1 aromatic carbocycles. The highest BCUT2D eigenvalue weighted by atomic mass is 16.3. The van der Waals surface area contributed by atoms with E-state index in [9.17, 15) is 10.0 Å². The average Bonchev–Trinajstić information content (AvgIpc) is 2.56. The minimum atomic E-state index is -0.603. The number of rotatable bonds is 2. The van der Waals surface area contributed by atoms with Crippen molar-refractivity contribution in [2.75, 3.05) is 7.05 Å². The van der Waals surface area contributed by atoms with Crippen LogP contribution in [0, 0.1) is 4.91 Å². The van der Waals surface area contributed by atoms with E-state index in [1.54, 1.807) is 7.05 Å². The van der Waals surface area contributed by atoms with Gasteiger partial charge in [0.15, 0.2) is 0 Å². The second-order valence-electron chi connectivity index (χ2n) is 3.57. The third-order valence-electron chi connectivity index (χ3n) is 2.78. The first-order chi connectivity index (χ1) is 6.74. The molecule has 4 heteroatoms. The molecular formula is C10H12N2O2. The van der Waals surface area contributed by atoms with Gasteiger partial charge in [-0.25, -0.2) is 0 Å². The highest BCUT2D eigenvalue weighted by Gasteiger charge is 2.33. The number of aliphatic hydroxyl groups is 1. The monoisotopic (exact) mass is 192 g/mol. The second-order valence-corrected chi connectivity index (χ2v) is 3.57. The molecule has 0 radical (unpaired) electrons. The minimum absolute atomic E-state index is 0.218. The van der Waals surface area contributed by atoms with E-state index in [1.807, 2.05) is 24.3 Å². The molecule has 14 heavy (non-hydrogen) atoms. The molecular weight excluding hydrogens is 180 g/mol. The van der Waals surface area contributed by atoms with Crippen molar-refractivity contribution in [2.24, 2.45) is 5.29 Å². The summed E-state index contributed by atoms with van der Waals surface area (Å²) >= 11 is 0. The predicted octanol–water partition coefficient (Wildman–Crippen LogP) is 1.26. The van der Waals surface area contributed by atoms with Crippen LogP contribution >= 0.6 is 0 Å². The van der Waals surface area contributed by atoms with Gasteiger partial charge < -0.3 is 5.11 Å². The van der Waals surface area contributed by atoms with Gasteiger partial charge >= 0.3 is 0 Å². The molecule has 0 heterocycles. The molecule has 0 spiro atoms. The fraction of sp³-hybridized carbons (Fsp3) is 0.400. The van der Waals surface area contributed by atoms with Crippen LogP contribution in [-0.2, 0) is 6.42 Å². The van der Waals surface area contributed by atoms with Crippen molar-refractivity contribution < 1.29 is 5.11 Å². The molecule has 0 fully saturated rings. The summed E-state index contributed by atoms with van der Waals surface area (Å²) in [6.07, 6.45) is 0.0773. The molecule has 1 aromatic rings. The molecule has 2 rings (SSSR count). The lowest BCUT2D eigenvalue weighted by atomic mass is 10.1. The van der Waals surface area contributed by atoms with Crippen molar-refractivity contribution >= 4 is 0 Å². The van der Waals surface area contributed by atoms with E-state index in [0.717, 1.165) is 11.1 Å². The zero-order valence-corrected chi connectivity index (χ0v) is 7.92. The Morgan fingerprint density at radius 2 is 2.21 bits per heavy atom. The molecule has 1 N–H and O–H groups in total. The first-order valence-corrected chi connectivity index (χ1v) is 4.56. The molecule has 0 bridgehead atoms. The molecule has 0 amide bonds. The van der Waals surface area contributed by atoms with Gasteiger partial charge in [-0.1, -0.05) is 24.3 Å². The Morgan fingerprint density at radius 3 is 2.86 bits per heavy atom. The van der Waals surface area contributed by atoms with Crippen molar-refractivity contribution in [1.82, 2.24) is 5.01 Å². The van der Waals surface area contributed by atoms with Gasteiger partial charge in [0.25, 0.3) is 0 Å². The first kappa shape index (κ1) is 9.15. The Kier molecular flexibility index (Phi) is 2.21. The second kappa shape index (κ2) is 3.38. The van der Waals surface area contributed by atoms with Crippen molar-refractivity contribution in [1.29, 1.82) is 0 Å². The van der Waals surface area contributed by atoms with E-state index < -0.39 is 6.10 Å². The molecule has 74 valence electrons. The SMILES string of the molecule is CN(N=O)[C@@H]1Cc2ccccc2[C@H]1O. The Bertz CT molecular complexity index is 354. The highest BCUT2D eigenvalue weighted by Crippen LogP contribution is 2.33. The quantitative estimate of drug-likeness (QED) is 0.567. The maximum atomic E-state index is 10.4. The first-order valence-electron chi connectivity index (χ1n) is 4.56. The number of hydrogen-bond donors (Lipinski definition) is 1. The molecule has 1 aliphatic rings. The van der Waals surface area contributed by atoms with Gasteiger partial charge in [-0.3, -0.25) is 5.01 Å². The topological polar surface area (TPSA) is 52.9 Å². The molecule has 0 aliphatic heterocycles. The van der Waals surface area contributed by atoms with E-state index in [4.69, 9.17) is 0 Å². The van der Waals surface area contributed by atoms with Crippen molar-refractivity contribution in [3.8, 4) is 0 Å². The molecule has 1 aliphatic carbocycles. The average molecular weight is 192 g/mol. The van der Waals surface area contributed by atoms with Crippen LogP contribution in [0.25, 0.3) is 0 Å². The number of aliphatic hydroxyl groups excluding tert-OH is 1. The van der Waals surface area contributed by atoms with Gasteiger partial charge in [0.1, 0.15) is 6.10 Å². The lowest BCUT2D eigenvalue weighted by Gasteiger charge is -2.20.